The van der Waals surface area contributed by atoms with Crippen LogP contribution in [0.25, 0.3) is 0 Å². The number of hydrogen-bond acceptors (Lipinski definition) is 4. The van der Waals surface area contributed by atoms with E-state index in [1.165, 1.54) is 16.8 Å². The Bertz CT molecular complexity index is 513. The van der Waals surface area contributed by atoms with Gasteiger partial charge in [0.05, 0.1) is 0 Å². The van der Waals surface area contributed by atoms with Gasteiger partial charge in [0, 0.05) is 55.7 Å². The molecule has 0 radical (unpaired) electrons. The molecule has 2 heterocycles. The predicted octanol–water partition coefficient (Wildman–Crippen LogP) is 2.61. The minimum absolute atomic E-state index is 0.854. The summed E-state index contributed by atoms with van der Waals surface area (Å²) < 4.78 is 0. The first-order valence-corrected chi connectivity index (χ1v) is 7.12. The van der Waals surface area contributed by atoms with Gasteiger partial charge in [-0.15, -0.1) is 0 Å². The minimum atomic E-state index is 0.854. The van der Waals surface area contributed by atoms with Gasteiger partial charge in [0.25, 0.3) is 0 Å². The topological polar surface area (TPSA) is 41.1 Å². The maximum absolute atomic E-state index is 4.25. The second-order valence-corrected chi connectivity index (χ2v) is 4.65. The number of pyridine rings is 2. The quantitative estimate of drug-likeness (QED) is 0.839. The average molecular weight is 270 g/mol. The molecule has 4 nitrogen and oxygen atoms in total. The molecule has 0 fully saturated rings. The lowest BCUT2D eigenvalue weighted by atomic mass is 10.1. The molecule has 0 bridgehead atoms. The van der Waals surface area contributed by atoms with Gasteiger partial charge in [-0.25, -0.2) is 0 Å². The zero-order chi connectivity index (χ0) is 14.2. The van der Waals surface area contributed by atoms with E-state index in [9.17, 15) is 0 Å². The molecule has 0 aliphatic rings. The summed E-state index contributed by atoms with van der Waals surface area (Å²) in [4.78, 5) is 10.7. The maximum Gasteiger partial charge on any atom is 0.0445 e. The van der Waals surface area contributed by atoms with E-state index in [2.05, 4.69) is 52.2 Å². The zero-order valence-electron chi connectivity index (χ0n) is 12.2. The molecule has 0 saturated carbocycles. The van der Waals surface area contributed by atoms with Crippen LogP contribution in [0.4, 0.5) is 5.69 Å². The molecule has 4 heteroatoms. The highest BCUT2D eigenvalue weighted by atomic mass is 15.1. The van der Waals surface area contributed by atoms with Crippen molar-refractivity contribution >= 4 is 5.69 Å². The van der Waals surface area contributed by atoms with E-state index in [-0.39, 0.29) is 0 Å². The molecule has 0 aliphatic heterocycles. The van der Waals surface area contributed by atoms with Gasteiger partial charge < -0.3 is 10.2 Å². The number of aromatic nitrogens is 2. The van der Waals surface area contributed by atoms with Crippen molar-refractivity contribution in [2.24, 2.45) is 0 Å². The van der Waals surface area contributed by atoms with Gasteiger partial charge in [-0.1, -0.05) is 6.92 Å². The van der Waals surface area contributed by atoms with Gasteiger partial charge in [-0.3, -0.25) is 9.97 Å². The molecule has 20 heavy (non-hydrogen) atoms. The zero-order valence-corrected chi connectivity index (χ0v) is 12.2. The fourth-order valence-corrected chi connectivity index (χ4v) is 2.20. The van der Waals surface area contributed by atoms with E-state index in [0.717, 1.165) is 26.2 Å². The third kappa shape index (κ3) is 3.78. The largest absolute Gasteiger partial charge is 0.367 e. The van der Waals surface area contributed by atoms with Crippen LogP contribution < -0.4 is 10.2 Å². The van der Waals surface area contributed by atoms with Crippen molar-refractivity contribution in [3.63, 3.8) is 0 Å². The van der Waals surface area contributed by atoms with Crippen LogP contribution in [-0.4, -0.2) is 23.1 Å². The van der Waals surface area contributed by atoms with Crippen molar-refractivity contribution in [2.75, 3.05) is 18.0 Å². The summed E-state index contributed by atoms with van der Waals surface area (Å²) in [6, 6.07) is 6.22. The highest BCUT2D eigenvalue weighted by Gasteiger charge is 2.10. The smallest absolute Gasteiger partial charge is 0.0445 e. The van der Waals surface area contributed by atoms with E-state index in [1.54, 1.807) is 0 Å². The summed E-state index contributed by atoms with van der Waals surface area (Å²) in [7, 11) is 0. The molecule has 0 spiro atoms. The number of nitrogens with zero attached hydrogens (tertiary/aromatic N) is 3. The summed E-state index contributed by atoms with van der Waals surface area (Å²) in [6.07, 6.45) is 7.50. The third-order valence-electron chi connectivity index (χ3n) is 3.29. The predicted molar refractivity (Wildman–Crippen MR) is 82.6 cm³/mol. The van der Waals surface area contributed by atoms with Crippen LogP contribution in [0.3, 0.4) is 0 Å². The van der Waals surface area contributed by atoms with Crippen LogP contribution in [0.5, 0.6) is 0 Å². The number of rotatable bonds is 7. The number of hydrogen-bond donors (Lipinski definition) is 1. The van der Waals surface area contributed by atoms with Crippen LogP contribution >= 0.6 is 0 Å². The summed E-state index contributed by atoms with van der Waals surface area (Å²) in [5, 5.41) is 3.37. The Hall–Kier alpha value is -1.94. The van der Waals surface area contributed by atoms with Crippen LogP contribution in [0.2, 0.25) is 0 Å². The molecule has 0 aliphatic carbocycles. The van der Waals surface area contributed by atoms with Crippen molar-refractivity contribution in [3.8, 4) is 0 Å². The molecule has 0 amide bonds. The Morgan fingerprint density at radius 2 is 1.80 bits per heavy atom. The Morgan fingerprint density at radius 3 is 2.50 bits per heavy atom. The molecule has 0 atom stereocenters. The second kappa shape index (κ2) is 7.60. The van der Waals surface area contributed by atoms with Crippen molar-refractivity contribution in [2.45, 2.75) is 26.9 Å². The Kier molecular flexibility index (Phi) is 5.50. The molecular formula is C16H22N4. The van der Waals surface area contributed by atoms with Gasteiger partial charge >= 0.3 is 0 Å². The van der Waals surface area contributed by atoms with E-state index in [4.69, 9.17) is 0 Å². The first kappa shape index (κ1) is 14.5. The Balaban J connectivity index is 2.18. The van der Waals surface area contributed by atoms with Gasteiger partial charge in [-0.05, 0) is 37.2 Å². The standard InChI is InChI=1S/C16H22N4/c1-3-17-11-15-12-19-10-7-16(15)20(4-2)13-14-5-8-18-9-6-14/h5-10,12,17H,3-4,11,13H2,1-2H3. The number of nitrogens with one attached hydrogen (secondary N) is 1. The highest BCUT2D eigenvalue weighted by Crippen LogP contribution is 2.21. The number of anilines is 1. The summed E-state index contributed by atoms with van der Waals surface area (Å²) >= 11 is 0. The van der Waals surface area contributed by atoms with Crippen molar-refractivity contribution in [3.05, 3.63) is 54.1 Å². The summed E-state index contributed by atoms with van der Waals surface area (Å²) in [5.74, 6) is 0. The maximum atomic E-state index is 4.25. The molecular weight excluding hydrogens is 248 g/mol. The first-order chi connectivity index (χ1) is 9.85. The SMILES string of the molecule is CCNCc1cnccc1N(CC)Cc1ccncc1. The summed E-state index contributed by atoms with van der Waals surface area (Å²) in [6.45, 7) is 7.97. The van der Waals surface area contributed by atoms with Gasteiger partial charge in [-0.2, -0.15) is 0 Å². The monoisotopic (exact) mass is 270 g/mol. The molecule has 2 aromatic rings. The molecule has 2 aromatic heterocycles. The fraction of sp³-hybridized carbons (Fsp3) is 0.375. The van der Waals surface area contributed by atoms with E-state index >= 15 is 0 Å². The normalized spacial score (nSPS) is 10.5. The lowest BCUT2D eigenvalue weighted by molar-refractivity contribution is 0.716. The molecule has 106 valence electrons. The van der Waals surface area contributed by atoms with Crippen LogP contribution in [-0.2, 0) is 13.1 Å². The molecule has 0 aromatic carbocycles. The highest BCUT2D eigenvalue weighted by molar-refractivity contribution is 5.52. The molecule has 1 N–H and O–H groups in total. The Morgan fingerprint density at radius 1 is 1.05 bits per heavy atom. The van der Waals surface area contributed by atoms with Crippen molar-refractivity contribution < 1.29 is 0 Å². The molecule has 0 unspecified atom stereocenters. The van der Waals surface area contributed by atoms with E-state index < -0.39 is 0 Å². The van der Waals surface area contributed by atoms with Gasteiger partial charge in [0.15, 0.2) is 0 Å². The van der Waals surface area contributed by atoms with Gasteiger partial charge in [0.2, 0.25) is 0 Å². The third-order valence-corrected chi connectivity index (χ3v) is 3.29. The minimum Gasteiger partial charge on any atom is -0.367 e. The fourth-order valence-electron chi connectivity index (χ4n) is 2.20. The van der Waals surface area contributed by atoms with Crippen molar-refractivity contribution in [1.82, 2.24) is 15.3 Å². The van der Waals surface area contributed by atoms with Crippen LogP contribution in [0.1, 0.15) is 25.0 Å². The van der Waals surface area contributed by atoms with Crippen LogP contribution in [0, 0.1) is 0 Å². The van der Waals surface area contributed by atoms with Crippen molar-refractivity contribution in [1.29, 1.82) is 0 Å². The Labute approximate surface area is 120 Å². The molecule has 0 saturated heterocycles. The van der Waals surface area contributed by atoms with E-state index in [0.29, 0.717) is 0 Å². The first-order valence-electron chi connectivity index (χ1n) is 7.12. The van der Waals surface area contributed by atoms with Crippen LogP contribution in [0.15, 0.2) is 43.0 Å². The van der Waals surface area contributed by atoms with Gasteiger partial charge in [0.1, 0.15) is 0 Å². The van der Waals surface area contributed by atoms with E-state index in [1.807, 2.05) is 24.8 Å². The lowest BCUT2D eigenvalue weighted by Crippen LogP contribution is -2.24. The molecule has 2 rings (SSSR count). The second-order valence-electron chi connectivity index (χ2n) is 4.65. The lowest BCUT2D eigenvalue weighted by Gasteiger charge is -2.25. The average Bonchev–Trinajstić information content (AvgIpc) is 2.52. The summed E-state index contributed by atoms with van der Waals surface area (Å²) in [5.41, 5.74) is 3.76.